The normalized spacial score (nSPS) is 10.0. The van der Waals surface area contributed by atoms with Crippen LogP contribution in [-0.2, 0) is 32.5 Å². The minimum atomic E-state index is 2.73. The van der Waals surface area contributed by atoms with Gasteiger partial charge in [0.15, 0.2) is 0 Å². The molecule has 0 saturated carbocycles. The molecule has 0 aliphatic heterocycles. The summed E-state index contributed by atoms with van der Waals surface area (Å²) in [5.74, 6) is 0. The van der Waals surface area contributed by atoms with Crippen LogP contribution in [0, 0.1) is 0 Å². The molecule has 0 aromatic rings. The predicted octanol–water partition coefficient (Wildman–Crippen LogP) is 0.362. The van der Waals surface area contributed by atoms with E-state index >= 15 is 0 Å². The fraction of sp³-hybridized carbons (Fsp3) is 0. The molecule has 4 heavy (non-hydrogen) atoms. The molecule has 0 spiro atoms. The Labute approximate surface area is 41.1 Å². The summed E-state index contributed by atoms with van der Waals surface area (Å²) in [6.07, 6.45) is 0. The van der Waals surface area contributed by atoms with Crippen LogP contribution < -0.4 is 0 Å². The van der Waals surface area contributed by atoms with E-state index in [-0.39, 0.29) is 0 Å². The molecule has 0 bridgehead atoms. The molecule has 0 radical (unpaired) electrons. The van der Waals surface area contributed by atoms with E-state index in [0.717, 1.165) is 0 Å². The van der Waals surface area contributed by atoms with Gasteiger partial charge in [-0.2, -0.15) is 0 Å². The molecule has 0 aliphatic carbocycles. The number of rotatable bonds is 0. The molecular formula is Cu2N2+2. The third kappa shape index (κ3) is 2.64. The van der Waals surface area contributed by atoms with Gasteiger partial charge in [0, 0.05) is 0 Å². The molecule has 0 aromatic carbocycles. The molecule has 0 heterocycles. The van der Waals surface area contributed by atoms with E-state index in [1.54, 1.807) is 0 Å². The second-order valence-electron chi connectivity index (χ2n) is 0.121. The van der Waals surface area contributed by atoms with Gasteiger partial charge in [-0.05, 0) is 0 Å². The van der Waals surface area contributed by atoms with Gasteiger partial charge in [-0.25, -0.2) is 0 Å². The molecule has 2 nitrogen and oxygen atoms in total. The summed E-state index contributed by atoms with van der Waals surface area (Å²) in [6, 6.07) is 0. The van der Waals surface area contributed by atoms with Crippen LogP contribution in [0.5, 0.6) is 0 Å². The number of nitrogens with zero attached hydrogens (tertiary/aromatic N) is 2. The zero-order valence-electron chi connectivity index (χ0n) is 1.50. The van der Waals surface area contributed by atoms with Gasteiger partial charge in [0.05, 0.1) is 0 Å². The van der Waals surface area contributed by atoms with Crippen LogP contribution >= 0.6 is 0 Å². The van der Waals surface area contributed by atoms with Gasteiger partial charge < -0.3 is 0 Å². The SMILES string of the molecule is [Cu+][N]=[N][Cu+]. The van der Waals surface area contributed by atoms with Gasteiger partial charge in [0.1, 0.15) is 0 Å². The zero-order chi connectivity index (χ0) is 3.41. The third-order valence-corrected chi connectivity index (χ3v) is 0.309. The van der Waals surface area contributed by atoms with Crippen LogP contribution in [0.15, 0.2) is 8.26 Å². The first kappa shape index (κ1) is 4.64. The van der Waals surface area contributed by atoms with Gasteiger partial charge >= 0.3 is 40.7 Å². The van der Waals surface area contributed by atoms with Crippen LogP contribution in [0.1, 0.15) is 0 Å². The average molecular weight is 155 g/mol. The second kappa shape index (κ2) is 3.64. The predicted molar refractivity (Wildman–Crippen MR) is 4.86 cm³/mol. The van der Waals surface area contributed by atoms with Gasteiger partial charge in [-0.1, -0.05) is 0 Å². The fourth-order valence-electron chi connectivity index (χ4n) is 0. The summed E-state index contributed by atoms with van der Waals surface area (Å²) < 4.78 is 5.46. The molecule has 0 saturated heterocycles. The Kier molecular flexibility index (Phi) is 4.22. The van der Waals surface area contributed by atoms with Crippen molar-refractivity contribution < 1.29 is 32.5 Å². The Hall–Kier alpha value is 0.639. The summed E-state index contributed by atoms with van der Waals surface area (Å²) in [5, 5.41) is 0. The Morgan fingerprint density at radius 1 is 1.00 bits per heavy atom. The molecule has 4 heteroatoms. The van der Waals surface area contributed by atoms with Crippen LogP contribution in [-0.4, -0.2) is 0 Å². The Balaban J connectivity index is 2.55. The molecule has 0 aliphatic rings. The quantitative estimate of drug-likeness (QED) is 0.356. The number of hydrogen-bond donors (Lipinski definition) is 0. The first-order chi connectivity index (χ1) is 1.91. The summed E-state index contributed by atoms with van der Waals surface area (Å²) in [6.45, 7) is 0. The maximum atomic E-state index is 4.02. The van der Waals surface area contributed by atoms with Crippen molar-refractivity contribution in [2.75, 3.05) is 0 Å². The van der Waals surface area contributed by atoms with Crippen molar-refractivity contribution in [1.82, 2.24) is 0 Å². The molecule has 0 aromatic heterocycles. The van der Waals surface area contributed by atoms with E-state index in [4.69, 9.17) is 0 Å². The molecule has 0 N–H and O–H groups in total. The van der Waals surface area contributed by atoms with Crippen LogP contribution in [0.3, 0.4) is 0 Å². The van der Waals surface area contributed by atoms with Gasteiger partial charge in [0.2, 0.25) is 0 Å². The van der Waals surface area contributed by atoms with Crippen molar-refractivity contribution in [3.63, 3.8) is 0 Å². The summed E-state index contributed by atoms with van der Waals surface area (Å²) in [7, 11) is 0. The van der Waals surface area contributed by atoms with E-state index in [0.29, 0.717) is 0 Å². The van der Waals surface area contributed by atoms with E-state index in [1.807, 2.05) is 0 Å². The van der Waals surface area contributed by atoms with Gasteiger partial charge in [0.25, 0.3) is 0 Å². The Morgan fingerprint density at radius 3 is 1.25 bits per heavy atom. The third-order valence-electron chi connectivity index (χ3n) is 0.0182. The van der Waals surface area contributed by atoms with Crippen LogP contribution in [0.25, 0.3) is 0 Å². The van der Waals surface area contributed by atoms with Crippen molar-refractivity contribution >= 4 is 0 Å². The van der Waals surface area contributed by atoms with Crippen molar-refractivity contribution in [1.29, 1.82) is 0 Å². The molecule has 30 valence electrons. The Bertz CT molecular complexity index is 19.2. The van der Waals surface area contributed by atoms with E-state index < -0.39 is 0 Å². The maximum absolute atomic E-state index is 4.02. The van der Waals surface area contributed by atoms with E-state index in [2.05, 4.69) is 40.7 Å². The molecular weight excluding hydrogens is 155 g/mol. The van der Waals surface area contributed by atoms with Gasteiger partial charge in [-0.15, -0.1) is 0 Å². The number of hydrogen-bond acceptors (Lipinski definition) is 2. The molecule has 0 rings (SSSR count). The molecule has 0 unspecified atom stereocenters. The van der Waals surface area contributed by atoms with Crippen LogP contribution in [0.4, 0.5) is 0 Å². The van der Waals surface area contributed by atoms with Crippen LogP contribution in [0.2, 0.25) is 0 Å². The molecule has 0 amide bonds. The fourth-order valence-corrected chi connectivity index (χ4v) is 0. The summed E-state index contributed by atoms with van der Waals surface area (Å²) in [4.78, 5) is 0. The molecule has 0 fully saturated rings. The first-order valence-corrected chi connectivity index (χ1v) is 1.31. The van der Waals surface area contributed by atoms with Crippen molar-refractivity contribution in [3.05, 3.63) is 0 Å². The first-order valence-electron chi connectivity index (χ1n) is 0.470. The monoisotopic (exact) mass is 154 g/mol. The zero-order valence-corrected chi connectivity index (χ0v) is 3.38. The molecule has 0 atom stereocenters. The van der Waals surface area contributed by atoms with Crippen molar-refractivity contribution in [3.8, 4) is 0 Å². The van der Waals surface area contributed by atoms with E-state index in [1.165, 1.54) is 0 Å². The summed E-state index contributed by atoms with van der Waals surface area (Å²) in [5.41, 5.74) is 0. The van der Waals surface area contributed by atoms with E-state index in [9.17, 15) is 0 Å². The standard InChI is InChI=1S/2Cu.N2/c;;1-2/q2*+2;-2. The minimum absolute atomic E-state index is 2.73. The second-order valence-corrected chi connectivity index (χ2v) is 0.497. The van der Waals surface area contributed by atoms with Gasteiger partial charge in [-0.3, -0.25) is 0 Å². The van der Waals surface area contributed by atoms with Crippen molar-refractivity contribution in [2.24, 2.45) is 8.26 Å². The topological polar surface area (TPSA) is 24.7 Å². The van der Waals surface area contributed by atoms with Crippen molar-refractivity contribution in [2.45, 2.75) is 0 Å². The summed E-state index contributed by atoms with van der Waals surface area (Å²) >= 11 is 8.04. The average Bonchev–Trinajstić information content (AvgIpc) is 1.37. The Morgan fingerprint density at radius 2 is 1.25 bits per heavy atom.